The number of aryl methyl sites for hydroxylation is 2. The summed E-state index contributed by atoms with van der Waals surface area (Å²) in [5.74, 6) is 0. The highest BCUT2D eigenvalue weighted by Crippen LogP contribution is 2.31. The lowest BCUT2D eigenvalue weighted by Crippen LogP contribution is -2.17. The Balaban J connectivity index is 2.52. The second kappa shape index (κ2) is 3.43. The van der Waals surface area contributed by atoms with Gasteiger partial charge in [-0.3, -0.25) is 0 Å². The second-order valence-corrected chi connectivity index (χ2v) is 4.65. The molecule has 0 heterocycles. The van der Waals surface area contributed by atoms with Gasteiger partial charge < -0.3 is 5.73 Å². The summed E-state index contributed by atoms with van der Waals surface area (Å²) in [6.45, 7) is 2.12. The topological polar surface area (TPSA) is 26.0 Å². The molecule has 1 atom stereocenters. The van der Waals surface area contributed by atoms with E-state index in [1.54, 1.807) is 0 Å². The maximum absolute atomic E-state index is 6.05. The highest BCUT2D eigenvalue weighted by atomic mass is 79.9. The fourth-order valence-corrected chi connectivity index (χ4v) is 2.37. The van der Waals surface area contributed by atoms with Gasteiger partial charge in [0.25, 0.3) is 0 Å². The van der Waals surface area contributed by atoms with Gasteiger partial charge in [-0.05, 0) is 48.9 Å². The molecule has 0 saturated heterocycles. The molecule has 1 aliphatic carbocycles. The number of fused-ring (bicyclic) bond motifs is 1. The zero-order valence-corrected chi connectivity index (χ0v) is 9.39. The first-order chi connectivity index (χ1) is 6.18. The third-order valence-corrected chi connectivity index (χ3v) is 3.64. The summed E-state index contributed by atoms with van der Waals surface area (Å²) in [6.07, 6.45) is 3.54. The van der Waals surface area contributed by atoms with Crippen molar-refractivity contribution in [1.29, 1.82) is 0 Å². The molecule has 2 rings (SSSR count). The Labute approximate surface area is 87.5 Å². The quantitative estimate of drug-likeness (QED) is 0.740. The van der Waals surface area contributed by atoms with Gasteiger partial charge in [-0.25, -0.2) is 0 Å². The van der Waals surface area contributed by atoms with Crippen LogP contribution in [0.1, 0.15) is 35.6 Å². The van der Waals surface area contributed by atoms with Gasteiger partial charge in [0.05, 0.1) is 0 Å². The average Bonchev–Trinajstić information content (AvgIpc) is 2.09. The predicted octanol–water partition coefficient (Wildman–Crippen LogP) is 3.09. The molecular weight excluding hydrogens is 226 g/mol. The molecule has 70 valence electrons. The summed E-state index contributed by atoms with van der Waals surface area (Å²) in [5.41, 5.74) is 10.1. The minimum absolute atomic E-state index is 0.260. The van der Waals surface area contributed by atoms with Crippen LogP contribution in [0, 0.1) is 6.92 Å². The van der Waals surface area contributed by atoms with Crippen LogP contribution in [0.25, 0.3) is 0 Å². The fraction of sp³-hybridized carbons (Fsp3) is 0.455. The Kier molecular flexibility index (Phi) is 2.43. The Morgan fingerprint density at radius 1 is 1.46 bits per heavy atom. The molecule has 0 fully saturated rings. The molecule has 1 nitrogen and oxygen atoms in total. The predicted molar refractivity (Wildman–Crippen MR) is 58.7 cm³/mol. The van der Waals surface area contributed by atoms with Crippen molar-refractivity contribution in [1.82, 2.24) is 0 Å². The van der Waals surface area contributed by atoms with Gasteiger partial charge in [0, 0.05) is 10.5 Å². The van der Waals surface area contributed by atoms with Crippen molar-refractivity contribution in [2.45, 2.75) is 32.2 Å². The van der Waals surface area contributed by atoms with Gasteiger partial charge in [0.1, 0.15) is 0 Å². The van der Waals surface area contributed by atoms with Crippen LogP contribution in [0.5, 0.6) is 0 Å². The number of nitrogens with two attached hydrogens (primary N) is 1. The Bertz CT molecular complexity index is 333. The second-order valence-electron chi connectivity index (χ2n) is 3.80. The first-order valence-electron chi connectivity index (χ1n) is 4.73. The molecule has 0 aliphatic heterocycles. The molecule has 0 radical (unpaired) electrons. The zero-order chi connectivity index (χ0) is 9.42. The van der Waals surface area contributed by atoms with Crippen molar-refractivity contribution in [3.63, 3.8) is 0 Å². The van der Waals surface area contributed by atoms with Crippen molar-refractivity contribution < 1.29 is 0 Å². The van der Waals surface area contributed by atoms with E-state index in [1.807, 2.05) is 0 Å². The normalized spacial score (nSPS) is 21.3. The van der Waals surface area contributed by atoms with Gasteiger partial charge >= 0.3 is 0 Å². The molecule has 13 heavy (non-hydrogen) atoms. The molecule has 0 saturated carbocycles. The maximum atomic E-state index is 6.05. The molecule has 2 heteroatoms. The Hall–Kier alpha value is -0.340. The van der Waals surface area contributed by atoms with Crippen LogP contribution in [0.3, 0.4) is 0 Å². The van der Waals surface area contributed by atoms with Gasteiger partial charge in [0.15, 0.2) is 0 Å². The molecule has 0 amide bonds. The van der Waals surface area contributed by atoms with E-state index >= 15 is 0 Å². The summed E-state index contributed by atoms with van der Waals surface area (Å²) in [6, 6.07) is 4.71. The summed E-state index contributed by atoms with van der Waals surface area (Å²) in [5, 5.41) is 0. The lowest BCUT2D eigenvalue weighted by molar-refractivity contribution is 0.569. The fourth-order valence-electron chi connectivity index (χ4n) is 1.97. The summed E-state index contributed by atoms with van der Waals surface area (Å²) < 4.78 is 1.21. The molecule has 0 unspecified atom stereocenters. The molecule has 0 bridgehead atoms. The van der Waals surface area contributed by atoms with Crippen LogP contribution < -0.4 is 5.73 Å². The number of rotatable bonds is 0. The van der Waals surface area contributed by atoms with E-state index in [1.165, 1.54) is 34.0 Å². The van der Waals surface area contributed by atoms with Gasteiger partial charge in [-0.2, -0.15) is 0 Å². The number of halogens is 1. The minimum Gasteiger partial charge on any atom is -0.324 e. The van der Waals surface area contributed by atoms with Crippen LogP contribution in [0.2, 0.25) is 0 Å². The summed E-state index contributed by atoms with van der Waals surface area (Å²) in [7, 11) is 0. The summed E-state index contributed by atoms with van der Waals surface area (Å²) in [4.78, 5) is 0. The van der Waals surface area contributed by atoms with E-state index in [0.29, 0.717) is 0 Å². The number of benzene rings is 1. The van der Waals surface area contributed by atoms with Crippen LogP contribution in [0.15, 0.2) is 16.6 Å². The van der Waals surface area contributed by atoms with Crippen molar-refractivity contribution in [3.05, 3.63) is 33.3 Å². The zero-order valence-electron chi connectivity index (χ0n) is 7.81. The lowest BCUT2D eigenvalue weighted by Gasteiger charge is -2.23. The average molecular weight is 240 g/mol. The Morgan fingerprint density at radius 3 is 3.00 bits per heavy atom. The number of hydrogen-bond acceptors (Lipinski definition) is 1. The van der Waals surface area contributed by atoms with E-state index in [2.05, 4.69) is 35.0 Å². The highest BCUT2D eigenvalue weighted by Gasteiger charge is 2.17. The molecule has 0 aromatic heterocycles. The third-order valence-electron chi connectivity index (χ3n) is 2.78. The molecule has 1 aromatic carbocycles. The van der Waals surface area contributed by atoms with E-state index in [4.69, 9.17) is 5.73 Å². The van der Waals surface area contributed by atoms with E-state index in [9.17, 15) is 0 Å². The third kappa shape index (κ3) is 1.65. The van der Waals surface area contributed by atoms with Gasteiger partial charge in [0.2, 0.25) is 0 Å². The smallest absolute Gasteiger partial charge is 0.0297 e. The first kappa shape index (κ1) is 9.22. The highest BCUT2D eigenvalue weighted by molar-refractivity contribution is 9.10. The van der Waals surface area contributed by atoms with Crippen LogP contribution in [0.4, 0.5) is 0 Å². The SMILES string of the molecule is Cc1cc2c(cc1Br)CCC[C@H]2N. The molecule has 1 aliphatic rings. The molecule has 0 spiro atoms. The molecule has 1 aromatic rings. The maximum Gasteiger partial charge on any atom is 0.0297 e. The summed E-state index contributed by atoms with van der Waals surface area (Å²) >= 11 is 3.55. The molecular formula is C11H14BrN. The van der Waals surface area contributed by atoms with Crippen LogP contribution >= 0.6 is 15.9 Å². The monoisotopic (exact) mass is 239 g/mol. The first-order valence-corrected chi connectivity index (χ1v) is 5.52. The largest absolute Gasteiger partial charge is 0.324 e. The molecule has 2 N–H and O–H groups in total. The van der Waals surface area contributed by atoms with E-state index in [-0.39, 0.29) is 6.04 Å². The standard InChI is InChI=1S/C11H14BrN/c1-7-5-9-8(6-10(7)12)3-2-4-11(9)13/h5-6,11H,2-4,13H2,1H3/t11-/m1/s1. The van der Waals surface area contributed by atoms with Crippen molar-refractivity contribution in [2.75, 3.05) is 0 Å². The van der Waals surface area contributed by atoms with E-state index in [0.717, 1.165) is 6.42 Å². The number of hydrogen-bond donors (Lipinski definition) is 1. The van der Waals surface area contributed by atoms with Crippen LogP contribution in [-0.4, -0.2) is 0 Å². The van der Waals surface area contributed by atoms with Crippen molar-refractivity contribution in [3.8, 4) is 0 Å². The van der Waals surface area contributed by atoms with Crippen molar-refractivity contribution in [2.24, 2.45) is 5.73 Å². The van der Waals surface area contributed by atoms with Gasteiger partial charge in [-0.15, -0.1) is 0 Å². The van der Waals surface area contributed by atoms with Gasteiger partial charge in [-0.1, -0.05) is 22.0 Å². The Morgan fingerprint density at radius 2 is 2.23 bits per heavy atom. The minimum atomic E-state index is 0.260. The van der Waals surface area contributed by atoms with E-state index < -0.39 is 0 Å². The van der Waals surface area contributed by atoms with Crippen LogP contribution in [-0.2, 0) is 6.42 Å². The lowest BCUT2D eigenvalue weighted by atomic mass is 9.87. The van der Waals surface area contributed by atoms with Crippen molar-refractivity contribution >= 4 is 15.9 Å².